The van der Waals surface area contributed by atoms with Crippen molar-refractivity contribution < 1.29 is 19.1 Å². The topological polar surface area (TPSA) is 64.6 Å². The molecule has 0 atom stereocenters. The number of aryl methyl sites for hydroxylation is 2. The average molecular weight is 424 g/mol. The Balaban J connectivity index is 1.87. The van der Waals surface area contributed by atoms with Crippen molar-refractivity contribution in [1.82, 2.24) is 0 Å². The maximum Gasteiger partial charge on any atom is 0.341 e. The summed E-state index contributed by atoms with van der Waals surface area (Å²) in [6, 6.07) is 13.4. The van der Waals surface area contributed by atoms with Gasteiger partial charge in [-0.05, 0) is 55.2 Å². The summed E-state index contributed by atoms with van der Waals surface area (Å²) in [6.45, 7) is 6.11. The highest BCUT2D eigenvalue weighted by molar-refractivity contribution is 7.15. The van der Waals surface area contributed by atoms with Crippen molar-refractivity contribution in [2.45, 2.75) is 27.2 Å². The first-order chi connectivity index (χ1) is 14.4. The van der Waals surface area contributed by atoms with Crippen LogP contribution in [0.5, 0.6) is 5.75 Å². The summed E-state index contributed by atoms with van der Waals surface area (Å²) >= 11 is 1.33. The molecule has 0 aliphatic heterocycles. The number of nitrogens with one attached hydrogen (secondary N) is 1. The van der Waals surface area contributed by atoms with E-state index in [-0.39, 0.29) is 18.9 Å². The van der Waals surface area contributed by atoms with Crippen LogP contribution in [0.25, 0.3) is 11.1 Å². The standard InChI is InChI=1S/C24H25NO4S/c1-5-29-24(27)22-20(18-9-6-15(2)16(3)12-18)14-30-23(22)25-21(26)13-17-7-10-19(28-4)11-8-17/h6-12,14H,5,13H2,1-4H3,(H,25,26). The van der Waals surface area contributed by atoms with Crippen molar-refractivity contribution >= 4 is 28.2 Å². The van der Waals surface area contributed by atoms with Crippen LogP contribution in [0.15, 0.2) is 47.8 Å². The third-order valence-electron chi connectivity index (χ3n) is 4.87. The Bertz CT molecular complexity index is 1050. The van der Waals surface area contributed by atoms with Crippen LogP contribution in [0.4, 0.5) is 5.00 Å². The number of ether oxygens (including phenoxy) is 2. The summed E-state index contributed by atoms with van der Waals surface area (Å²) in [5, 5.41) is 5.28. The minimum absolute atomic E-state index is 0.195. The maximum atomic E-state index is 12.7. The van der Waals surface area contributed by atoms with Crippen LogP contribution >= 0.6 is 11.3 Å². The van der Waals surface area contributed by atoms with Crippen LogP contribution in [0, 0.1) is 13.8 Å². The zero-order valence-electron chi connectivity index (χ0n) is 17.6. The number of amides is 1. The molecule has 0 aliphatic rings. The fraction of sp³-hybridized carbons (Fsp3) is 0.250. The molecule has 0 aliphatic carbocycles. The van der Waals surface area contributed by atoms with Crippen molar-refractivity contribution in [3.63, 3.8) is 0 Å². The molecular weight excluding hydrogens is 398 g/mol. The number of carbonyl (C=O) groups is 2. The molecule has 0 unspecified atom stereocenters. The first-order valence-electron chi connectivity index (χ1n) is 9.72. The van der Waals surface area contributed by atoms with Crippen LogP contribution in [-0.2, 0) is 16.0 Å². The van der Waals surface area contributed by atoms with E-state index >= 15 is 0 Å². The van der Waals surface area contributed by atoms with Crippen LogP contribution in [-0.4, -0.2) is 25.6 Å². The number of carbonyl (C=O) groups excluding carboxylic acids is 2. The zero-order chi connectivity index (χ0) is 21.7. The number of benzene rings is 2. The second kappa shape index (κ2) is 9.59. The Morgan fingerprint density at radius 3 is 2.40 bits per heavy atom. The highest BCUT2D eigenvalue weighted by atomic mass is 32.1. The normalized spacial score (nSPS) is 10.5. The van der Waals surface area contributed by atoms with Gasteiger partial charge in [0.15, 0.2) is 0 Å². The molecule has 1 N–H and O–H groups in total. The van der Waals surface area contributed by atoms with E-state index in [2.05, 4.69) is 5.32 Å². The van der Waals surface area contributed by atoms with Crippen LogP contribution < -0.4 is 10.1 Å². The van der Waals surface area contributed by atoms with Gasteiger partial charge in [-0.25, -0.2) is 4.79 Å². The highest BCUT2D eigenvalue weighted by Crippen LogP contribution is 2.37. The molecule has 3 aromatic rings. The molecule has 1 amide bonds. The molecule has 0 radical (unpaired) electrons. The predicted molar refractivity (Wildman–Crippen MR) is 121 cm³/mol. The van der Waals surface area contributed by atoms with E-state index in [0.29, 0.717) is 10.6 Å². The molecule has 156 valence electrons. The summed E-state index contributed by atoms with van der Waals surface area (Å²) in [7, 11) is 1.60. The predicted octanol–water partition coefficient (Wildman–Crippen LogP) is 5.40. The zero-order valence-corrected chi connectivity index (χ0v) is 18.4. The van der Waals surface area contributed by atoms with E-state index in [9.17, 15) is 9.59 Å². The number of hydrogen-bond donors (Lipinski definition) is 1. The van der Waals surface area contributed by atoms with Gasteiger partial charge in [0, 0.05) is 10.9 Å². The molecule has 0 spiro atoms. The molecule has 30 heavy (non-hydrogen) atoms. The van der Waals surface area contributed by atoms with E-state index in [0.717, 1.165) is 28.0 Å². The van der Waals surface area contributed by atoms with Crippen molar-refractivity contribution in [3.8, 4) is 16.9 Å². The Kier molecular flexibility index (Phi) is 6.90. The van der Waals surface area contributed by atoms with Crippen LogP contribution in [0.3, 0.4) is 0 Å². The lowest BCUT2D eigenvalue weighted by molar-refractivity contribution is -0.115. The fourth-order valence-corrected chi connectivity index (χ4v) is 4.05. The third kappa shape index (κ3) is 4.89. The van der Waals surface area contributed by atoms with E-state index in [1.54, 1.807) is 14.0 Å². The number of thiophene rings is 1. The largest absolute Gasteiger partial charge is 0.497 e. The summed E-state index contributed by atoms with van der Waals surface area (Å²) in [4.78, 5) is 25.3. The Morgan fingerprint density at radius 2 is 1.77 bits per heavy atom. The number of anilines is 1. The van der Waals surface area contributed by atoms with Crippen LogP contribution in [0.2, 0.25) is 0 Å². The van der Waals surface area contributed by atoms with E-state index in [1.807, 2.05) is 61.7 Å². The lowest BCUT2D eigenvalue weighted by Gasteiger charge is -2.10. The van der Waals surface area contributed by atoms with Gasteiger partial charge in [0.1, 0.15) is 16.3 Å². The molecule has 1 aromatic heterocycles. The molecule has 0 bridgehead atoms. The number of esters is 1. The van der Waals surface area contributed by atoms with Gasteiger partial charge in [-0.15, -0.1) is 11.3 Å². The molecule has 6 heteroatoms. The second-order valence-electron chi connectivity index (χ2n) is 6.95. The first-order valence-corrected chi connectivity index (χ1v) is 10.6. The number of methoxy groups -OCH3 is 1. The van der Waals surface area contributed by atoms with Crippen molar-refractivity contribution in [1.29, 1.82) is 0 Å². The van der Waals surface area contributed by atoms with E-state index in [4.69, 9.17) is 9.47 Å². The van der Waals surface area contributed by atoms with Gasteiger partial charge < -0.3 is 14.8 Å². The fourth-order valence-electron chi connectivity index (χ4n) is 3.08. The summed E-state index contributed by atoms with van der Waals surface area (Å²) in [5.41, 5.74) is 5.26. The van der Waals surface area contributed by atoms with Crippen LogP contribution in [0.1, 0.15) is 34.0 Å². The van der Waals surface area contributed by atoms with Gasteiger partial charge >= 0.3 is 5.97 Å². The van der Waals surface area contributed by atoms with Gasteiger partial charge in [-0.3, -0.25) is 4.79 Å². The Morgan fingerprint density at radius 1 is 1.03 bits per heavy atom. The van der Waals surface area contributed by atoms with Gasteiger partial charge in [0.2, 0.25) is 5.91 Å². The van der Waals surface area contributed by atoms with Gasteiger partial charge in [0.05, 0.1) is 20.1 Å². The molecule has 0 saturated carbocycles. The molecule has 1 heterocycles. The number of rotatable bonds is 7. The summed E-state index contributed by atoms with van der Waals surface area (Å²) in [6.07, 6.45) is 0.198. The first kappa shape index (κ1) is 21.6. The minimum atomic E-state index is -0.438. The third-order valence-corrected chi connectivity index (χ3v) is 5.76. The second-order valence-corrected chi connectivity index (χ2v) is 7.83. The minimum Gasteiger partial charge on any atom is -0.497 e. The molecule has 5 nitrogen and oxygen atoms in total. The Hall–Kier alpha value is -3.12. The van der Waals surface area contributed by atoms with Crippen molar-refractivity contribution in [2.24, 2.45) is 0 Å². The number of hydrogen-bond acceptors (Lipinski definition) is 5. The van der Waals surface area contributed by atoms with Crippen molar-refractivity contribution in [3.05, 3.63) is 70.1 Å². The van der Waals surface area contributed by atoms with Gasteiger partial charge in [-0.1, -0.05) is 30.3 Å². The van der Waals surface area contributed by atoms with E-state index in [1.165, 1.54) is 16.9 Å². The smallest absolute Gasteiger partial charge is 0.341 e. The lowest BCUT2D eigenvalue weighted by atomic mass is 9.99. The molecular formula is C24H25NO4S. The highest BCUT2D eigenvalue weighted by Gasteiger charge is 2.23. The van der Waals surface area contributed by atoms with Gasteiger partial charge in [0.25, 0.3) is 0 Å². The maximum absolute atomic E-state index is 12.7. The monoisotopic (exact) mass is 423 g/mol. The van der Waals surface area contributed by atoms with E-state index < -0.39 is 5.97 Å². The molecule has 0 saturated heterocycles. The van der Waals surface area contributed by atoms with Crippen molar-refractivity contribution in [2.75, 3.05) is 19.0 Å². The average Bonchev–Trinajstić information content (AvgIpc) is 3.14. The summed E-state index contributed by atoms with van der Waals surface area (Å²) < 4.78 is 10.4. The SMILES string of the molecule is CCOC(=O)c1c(-c2ccc(C)c(C)c2)csc1NC(=O)Cc1ccc(OC)cc1. The molecule has 2 aromatic carbocycles. The quantitative estimate of drug-likeness (QED) is 0.517. The summed E-state index contributed by atoms with van der Waals surface area (Å²) in [5.74, 6) is 0.103. The lowest BCUT2D eigenvalue weighted by Crippen LogP contribution is -2.16. The molecule has 3 rings (SSSR count). The molecule has 0 fully saturated rings. The van der Waals surface area contributed by atoms with Gasteiger partial charge in [-0.2, -0.15) is 0 Å². The Labute approximate surface area is 180 Å².